The van der Waals surface area contributed by atoms with Crippen molar-refractivity contribution in [1.82, 2.24) is 0 Å². The fourth-order valence-corrected chi connectivity index (χ4v) is 1.79. The van der Waals surface area contributed by atoms with Crippen LogP contribution in [0.1, 0.15) is 18.6 Å². The Balaban J connectivity index is 2.56. The Kier molecular flexibility index (Phi) is 3.19. The van der Waals surface area contributed by atoms with Gasteiger partial charge < -0.3 is 0 Å². The molecule has 0 amide bonds. The number of rotatable bonds is 3. The summed E-state index contributed by atoms with van der Waals surface area (Å²) in [4.78, 5) is 0. The van der Waals surface area contributed by atoms with E-state index in [-0.39, 0.29) is 6.10 Å². The number of hydrogen-bond acceptors (Lipinski definition) is 3. The molecular weight excluding hydrogens is 184 g/mol. The van der Waals surface area contributed by atoms with Gasteiger partial charge in [0.1, 0.15) is 0 Å². The third-order valence-electron chi connectivity index (χ3n) is 1.24. The van der Waals surface area contributed by atoms with Gasteiger partial charge in [-0.1, -0.05) is 0 Å². The van der Waals surface area contributed by atoms with Crippen LogP contribution in [0.3, 0.4) is 0 Å². The zero-order valence-corrected chi connectivity index (χ0v) is 7.52. The molecule has 0 aliphatic heterocycles. The molecule has 1 aromatic heterocycles. The van der Waals surface area contributed by atoms with Crippen LogP contribution in [0, 0.1) is 0 Å². The standard InChI is InChI=1S/C6H8O3S2/c1-5(9-11(7)8)6-2-3-10-4-6/h2-5H,1H3,(H,7,8). The van der Waals surface area contributed by atoms with Crippen LogP contribution < -0.4 is 0 Å². The van der Waals surface area contributed by atoms with Gasteiger partial charge in [0, 0.05) is 0 Å². The predicted octanol–water partition coefficient (Wildman–Crippen LogP) is 1.96. The largest absolute Gasteiger partial charge is 0.302 e. The molecule has 11 heavy (non-hydrogen) atoms. The van der Waals surface area contributed by atoms with Crippen LogP contribution in [-0.4, -0.2) is 8.76 Å². The first-order valence-corrected chi connectivity index (χ1v) is 4.97. The third-order valence-corrected chi connectivity index (χ3v) is 2.39. The van der Waals surface area contributed by atoms with Crippen molar-refractivity contribution in [2.45, 2.75) is 13.0 Å². The molecule has 1 N–H and O–H groups in total. The quantitative estimate of drug-likeness (QED) is 0.745. The molecular formula is C6H8O3S2. The molecule has 1 aromatic rings. The summed E-state index contributed by atoms with van der Waals surface area (Å²) < 4.78 is 23.2. The van der Waals surface area contributed by atoms with Gasteiger partial charge in [-0.15, -0.1) is 0 Å². The summed E-state index contributed by atoms with van der Waals surface area (Å²) in [6.45, 7) is 1.73. The molecule has 0 fully saturated rings. The lowest BCUT2D eigenvalue weighted by atomic mass is 10.2. The smallest absolute Gasteiger partial charge is 0.284 e. The number of thiophene rings is 1. The molecule has 1 heterocycles. The van der Waals surface area contributed by atoms with Crippen molar-refractivity contribution >= 4 is 22.7 Å². The van der Waals surface area contributed by atoms with Crippen LogP contribution in [-0.2, 0) is 15.5 Å². The summed E-state index contributed by atoms with van der Waals surface area (Å²) in [5.74, 6) is 0. The Morgan fingerprint density at radius 2 is 2.55 bits per heavy atom. The normalized spacial score (nSPS) is 16.2. The van der Waals surface area contributed by atoms with Gasteiger partial charge in [-0.05, 0) is 29.3 Å². The van der Waals surface area contributed by atoms with Gasteiger partial charge in [0.2, 0.25) is 0 Å². The molecule has 0 aliphatic carbocycles. The second-order valence-electron chi connectivity index (χ2n) is 2.01. The molecule has 0 aliphatic rings. The lowest BCUT2D eigenvalue weighted by Crippen LogP contribution is -2.00. The van der Waals surface area contributed by atoms with E-state index in [0.717, 1.165) is 5.56 Å². The van der Waals surface area contributed by atoms with Crippen LogP contribution in [0.2, 0.25) is 0 Å². The highest BCUT2D eigenvalue weighted by molar-refractivity contribution is 7.74. The zero-order chi connectivity index (χ0) is 8.27. The van der Waals surface area contributed by atoms with Crippen molar-refractivity contribution in [2.24, 2.45) is 0 Å². The summed E-state index contributed by atoms with van der Waals surface area (Å²) in [5, 5.41) is 3.78. The van der Waals surface area contributed by atoms with Gasteiger partial charge in [0.25, 0.3) is 0 Å². The predicted molar refractivity (Wildman–Crippen MR) is 44.6 cm³/mol. The average Bonchev–Trinajstić information content (AvgIpc) is 2.35. The first kappa shape index (κ1) is 8.86. The summed E-state index contributed by atoms with van der Waals surface area (Å²) in [5.41, 5.74) is 0.928. The molecule has 5 heteroatoms. The van der Waals surface area contributed by atoms with Crippen LogP contribution in [0.5, 0.6) is 0 Å². The molecule has 2 atom stereocenters. The second-order valence-corrected chi connectivity index (χ2v) is 3.42. The summed E-state index contributed by atoms with van der Waals surface area (Å²) in [6, 6.07) is 1.86. The van der Waals surface area contributed by atoms with Gasteiger partial charge in [0.05, 0.1) is 6.10 Å². The average molecular weight is 192 g/mol. The maximum Gasteiger partial charge on any atom is 0.302 e. The monoisotopic (exact) mass is 192 g/mol. The maximum absolute atomic E-state index is 10.2. The van der Waals surface area contributed by atoms with E-state index in [4.69, 9.17) is 4.55 Å². The zero-order valence-electron chi connectivity index (χ0n) is 5.89. The van der Waals surface area contributed by atoms with Gasteiger partial charge in [-0.2, -0.15) is 15.5 Å². The molecule has 0 radical (unpaired) electrons. The van der Waals surface area contributed by atoms with E-state index in [1.807, 2.05) is 16.8 Å². The Hall–Kier alpha value is -0.230. The molecule has 0 aromatic carbocycles. The van der Waals surface area contributed by atoms with Gasteiger partial charge in [-0.25, -0.2) is 0 Å². The highest BCUT2D eigenvalue weighted by Gasteiger charge is 2.08. The molecule has 2 unspecified atom stereocenters. The Morgan fingerprint density at radius 1 is 1.82 bits per heavy atom. The van der Waals surface area contributed by atoms with E-state index in [2.05, 4.69) is 4.18 Å². The van der Waals surface area contributed by atoms with Gasteiger partial charge >= 0.3 is 11.4 Å². The molecule has 1 rings (SSSR count). The Labute approximate surface area is 71.5 Å². The fraction of sp³-hybridized carbons (Fsp3) is 0.333. The van der Waals surface area contributed by atoms with Crippen LogP contribution in [0.15, 0.2) is 16.8 Å². The van der Waals surface area contributed by atoms with Crippen molar-refractivity contribution in [2.75, 3.05) is 0 Å². The molecule has 0 saturated carbocycles. The van der Waals surface area contributed by atoms with Gasteiger partial charge in [0.15, 0.2) is 0 Å². The van der Waals surface area contributed by atoms with Crippen LogP contribution >= 0.6 is 11.3 Å². The minimum absolute atomic E-state index is 0.313. The van der Waals surface area contributed by atoms with E-state index in [1.54, 1.807) is 6.92 Å². The SMILES string of the molecule is CC(OS(=O)O)c1ccsc1. The van der Waals surface area contributed by atoms with Crippen molar-refractivity contribution in [3.8, 4) is 0 Å². The lowest BCUT2D eigenvalue weighted by Gasteiger charge is -2.05. The van der Waals surface area contributed by atoms with Crippen LogP contribution in [0.4, 0.5) is 0 Å². The fourth-order valence-electron chi connectivity index (χ4n) is 0.685. The van der Waals surface area contributed by atoms with E-state index in [0.29, 0.717) is 0 Å². The Bertz CT molecular complexity index is 232. The first-order valence-electron chi connectivity index (χ1n) is 3.00. The summed E-state index contributed by atoms with van der Waals surface area (Å²) >= 11 is -0.641. The van der Waals surface area contributed by atoms with Crippen molar-refractivity contribution in [3.63, 3.8) is 0 Å². The molecule has 0 spiro atoms. The summed E-state index contributed by atoms with van der Waals surface area (Å²) in [7, 11) is 0. The van der Waals surface area contributed by atoms with Gasteiger partial charge in [-0.3, -0.25) is 8.74 Å². The number of hydrogen-bond donors (Lipinski definition) is 1. The minimum Gasteiger partial charge on any atom is -0.284 e. The molecule has 62 valence electrons. The topological polar surface area (TPSA) is 46.5 Å². The lowest BCUT2D eigenvalue weighted by molar-refractivity contribution is 0.228. The van der Waals surface area contributed by atoms with Crippen molar-refractivity contribution in [1.29, 1.82) is 0 Å². The second kappa shape index (κ2) is 3.96. The molecule has 0 saturated heterocycles. The first-order chi connectivity index (χ1) is 5.20. The summed E-state index contributed by atoms with van der Waals surface area (Å²) in [6.07, 6.45) is -0.313. The van der Waals surface area contributed by atoms with Crippen LogP contribution in [0.25, 0.3) is 0 Å². The third kappa shape index (κ3) is 2.70. The van der Waals surface area contributed by atoms with E-state index in [9.17, 15) is 4.21 Å². The molecule has 3 nitrogen and oxygen atoms in total. The van der Waals surface area contributed by atoms with E-state index in [1.165, 1.54) is 11.3 Å². The Morgan fingerprint density at radius 3 is 3.00 bits per heavy atom. The minimum atomic E-state index is -2.18. The maximum atomic E-state index is 10.2. The highest BCUT2D eigenvalue weighted by atomic mass is 32.2. The van der Waals surface area contributed by atoms with Crippen molar-refractivity contribution in [3.05, 3.63) is 22.4 Å². The van der Waals surface area contributed by atoms with Crippen molar-refractivity contribution < 1.29 is 12.9 Å². The van der Waals surface area contributed by atoms with E-state index < -0.39 is 11.4 Å². The van der Waals surface area contributed by atoms with E-state index >= 15 is 0 Å². The highest BCUT2D eigenvalue weighted by Crippen LogP contribution is 2.19. The molecule has 0 bridgehead atoms.